The lowest BCUT2D eigenvalue weighted by Crippen LogP contribution is -2.56. The Balaban J connectivity index is 1.97. The largest absolute Gasteiger partial charge is 0.435 e. The fraction of sp³-hybridized carbons (Fsp3) is 0.500. The van der Waals surface area contributed by atoms with E-state index in [0.29, 0.717) is 24.8 Å². The van der Waals surface area contributed by atoms with Crippen LogP contribution >= 0.6 is 0 Å². The lowest BCUT2D eigenvalue weighted by Gasteiger charge is -2.44. The van der Waals surface area contributed by atoms with Crippen LogP contribution in [0, 0.1) is 11.2 Å². The molecule has 1 fully saturated rings. The van der Waals surface area contributed by atoms with Crippen LogP contribution in [0.1, 0.15) is 43.4 Å². The van der Waals surface area contributed by atoms with E-state index >= 15 is 0 Å². The fourth-order valence-electron chi connectivity index (χ4n) is 5.78. The van der Waals surface area contributed by atoms with Crippen LogP contribution in [0.15, 0.2) is 47.4 Å². The van der Waals surface area contributed by atoms with Crippen LogP contribution in [-0.2, 0) is 31.5 Å². The summed E-state index contributed by atoms with van der Waals surface area (Å²) in [5, 5.41) is 0. The molecule has 0 bridgehead atoms. The summed E-state index contributed by atoms with van der Waals surface area (Å²) >= 11 is 0. The minimum atomic E-state index is -6.45. The number of rotatable bonds is 4. The topological polar surface area (TPSA) is 54.5 Å². The number of hydrogen-bond donors (Lipinski definition) is 0. The average Bonchev–Trinajstić information content (AvgIpc) is 3.27. The highest BCUT2D eigenvalue weighted by Crippen LogP contribution is 2.57. The van der Waals surface area contributed by atoms with Gasteiger partial charge in [-0.2, -0.15) is 39.5 Å². The summed E-state index contributed by atoms with van der Waals surface area (Å²) in [6, 6.07) is 2.62. The Morgan fingerprint density at radius 2 is 1.40 bits per heavy atom. The summed E-state index contributed by atoms with van der Waals surface area (Å²) in [4.78, 5) is 13.3. The van der Waals surface area contributed by atoms with Gasteiger partial charge in [0.1, 0.15) is 16.0 Å². The van der Waals surface area contributed by atoms with Crippen molar-refractivity contribution in [3.63, 3.8) is 0 Å². The first-order valence-corrected chi connectivity index (χ1v) is 13.8. The number of likely N-dealkylation sites (tertiary alicyclic amines) is 1. The molecule has 2 aliphatic rings. The van der Waals surface area contributed by atoms with Crippen molar-refractivity contribution >= 4 is 15.7 Å². The summed E-state index contributed by atoms with van der Waals surface area (Å²) < 4.78 is 176. The molecule has 1 amide bonds. The van der Waals surface area contributed by atoms with Gasteiger partial charge in [-0.25, -0.2) is 17.2 Å². The smallest absolute Gasteiger partial charge is 0.337 e. The highest BCUT2D eigenvalue weighted by atomic mass is 32.2. The predicted molar refractivity (Wildman–Crippen MR) is 125 cm³/mol. The number of carbonyl (C=O) groups is 1. The lowest BCUT2D eigenvalue weighted by molar-refractivity contribution is -0.348. The van der Waals surface area contributed by atoms with Crippen LogP contribution in [0.2, 0.25) is 0 Å². The molecule has 1 aliphatic carbocycles. The Morgan fingerprint density at radius 3 is 1.90 bits per heavy atom. The second-order valence-electron chi connectivity index (χ2n) is 10.8. The van der Waals surface area contributed by atoms with E-state index in [1.165, 1.54) is 0 Å². The molecular weight excluding hydrogens is 615 g/mol. The molecule has 0 unspecified atom stereocenters. The third-order valence-corrected chi connectivity index (χ3v) is 10.7. The van der Waals surface area contributed by atoms with Gasteiger partial charge in [-0.1, -0.05) is 18.2 Å². The van der Waals surface area contributed by atoms with Gasteiger partial charge in [0.15, 0.2) is 9.84 Å². The van der Waals surface area contributed by atoms with E-state index in [2.05, 4.69) is 0 Å². The normalized spacial score (nSPS) is 22.1. The second-order valence-corrected chi connectivity index (χ2v) is 13.0. The Labute approximate surface area is 232 Å². The summed E-state index contributed by atoms with van der Waals surface area (Å²) in [5.41, 5.74) is -11.5. The van der Waals surface area contributed by atoms with Gasteiger partial charge in [-0.15, -0.1) is 0 Å². The zero-order chi connectivity index (χ0) is 31.9. The molecule has 0 spiro atoms. The van der Waals surface area contributed by atoms with Crippen LogP contribution in [0.4, 0.5) is 48.3 Å². The first-order chi connectivity index (χ1) is 18.9. The first-order valence-electron chi connectivity index (χ1n) is 12.3. The summed E-state index contributed by atoms with van der Waals surface area (Å²) in [6.07, 6.45) is -19.5. The van der Waals surface area contributed by atoms with Crippen LogP contribution in [-0.4, -0.2) is 50.3 Å². The number of aryl methyl sites for hydroxylation is 1. The highest BCUT2D eigenvalue weighted by Gasteiger charge is 2.74. The molecule has 4 rings (SSSR count). The van der Waals surface area contributed by atoms with Crippen molar-refractivity contribution < 1.29 is 61.5 Å². The maximum absolute atomic E-state index is 14.9. The van der Waals surface area contributed by atoms with E-state index in [9.17, 15) is 61.5 Å². The number of halogens is 11. The molecule has 4 nitrogen and oxygen atoms in total. The van der Waals surface area contributed by atoms with E-state index in [0.717, 1.165) is 24.3 Å². The van der Waals surface area contributed by atoms with Gasteiger partial charge in [0, 0.05) is 12.1 Å². The van der Waals surface area contributed by atoms with Crippen LogP contribution in [0.25, 0.3) is 0 Å². The quantitative estimate of drug-likeness (QED) is 0.270. The van der Waals surface area contributed by atoms with Crippen molar-refractivity contribution in [2.24, 2.45) is 5.41 Å². The minimum Gasteiger partial charge on any atom is -0.337 e. The molecule has 42 heavy (non-hydrogen) atoms. The minimum absolute atomic E-state index is 0.133. The molecule has 0 saturated carbocycles. The maximum Gasteiger partial charge on any atom is 0.435 e. The Kier molecular flexibility index (Phi) is 7.28. The van der Waals surface area contributed by atoms with Crippen molar-refractivity contribution in [1.29, 1.82) is 0 Å². The summed E-state index contributed by atoms with van der Waals surface area (Å²) in [7, 11) is -4.82. The molecule has 1 aliphatic heterocycles. The lowest BCUT2D eigenvalue weighted by atomic mass is 9.76. The number of amides is 1. The zero-order valence-corrected chi connectivity index (χ0v) is 22.5. The van der Waals surface area contributed by atoms with Crippen molar-refractivity contribution in [1.82, 2.24) is 4.90 Å². The van der Waals surface area contributed by atoms with E-state index in [1.807, 2.05) is 0 Å². The Bertz CT molecular complexity index is 1480. The van der Waals surface area contributed by atoms with Crippen LogP contribution in [0.3, 0.4) is 0 Å². The van der Waals surface area contributed by atoms with Gasteiger partial charge in [0.05, 0.1) is 10.9 Å². The van der Waals surface area contributed by atoms with E-state index in [4.69, 9.17) is 0 Å². The number of hydrogen-bond acceptors (Lipinski definition) is 3. The maximum atomic E-state index is 14.9. The van der Waals surface area contributed by atoms with E-state index in [1.54, 1.807) is 0 Å². The molecule has 1 heterocycles. The molecule has 0 aromatic heterocycles. The molecule has 1 saturated heterocycles. The van der Waals surface area contributed by atoms with Crippen molar-refractivity contribution in [2.45, 2.75) is 73.0 Å². The standard InChI is InChI=1S/C26H22F11NO3S/c1-21(2,24(29,30)31)20(39)38-12-11-22(42(40,41)17-7-5-16(27)6-8-17)18-9-4-15(13-14(18)3-10-19(22)38)23(28,25(32,33)34)26(35,36)37/h4-9,13,19H,3,10-12H2,1-2H3/t19-,22-/m0/s1. The fourth-order valence-corrected chi connectivity index (χ4v) is 8.14. The number of alkyl halides is 10. The zero-order valence-electron chi connectivity index (χ0n) is 21.7. The number of benzene rings is 2. The van der Waals surface area contributed by atoms with E-state index < -0.39 is 109 Å². The summed E-state index contributed by atoms with van der Waals surface area (Å²) in [6.45, 7) is 0.604. The van der Waals surface area contributed by atoms with Crippen molar-refractivity contribution in [3.8, 4) is 0 Å². The molecule has 232 valence electrons. The van der Waals surface area contributed by atoms with Gasteiger partial charge in [0.2, 0.25) is 5.91 Å². The number of carbonyl (C=O) groups excluding carboxylic acids is 1. The van der Waals surface area contributed by atoms with Gasteiger partial charge in [-0.3, -0.25) is 4.79 Å². The predicted octanol–water partition coefficient (Wildman–Crippen LogP) is 6.92. The third kappa shape index (κ3) is 4.37. The van der Waals surface area contributed by atoms with Gasteiger partial charge in [0.25, 0.3) is 0 Å². The molecule has 2 aromatic carbocycles. The Hall–Kier alpha value is -2.91. The van der Waals surface area contributed by atoms with E-state index in [-0.39, 0.29) is 12.1 Å². The number of sulfone groups is 1. The molecule has 2 atom stereocenters. The van der Waals surface area contributed by atoms with Gasteiger partial charge in [-0.05, 0) is 68.5 Å². The molecule has 2 aromatic rings. The average molecular weight is 638 g/mol. The molecular formula is C26H22F11NO3S. The summed E-state index contributed by atoms with van der Waals surface area (Å²) in [5.74, 6) is -2.35. The Morgan fingerprint density at radius 1 is 0.857 bits per heavy atom. The molecule has 0 radical (unpaired) electrons. The van der Waals surface area contributed by atoms with Crippen LogP contribution in [0.5, 0.6) is 0 Å². The van der Waals surface area contributed by atoms with Gasteiger partial charge < -0.3 is 4.90 Å². The van der Waals surface area contributed by atoms with Gasteiger partial charge >= 0.3 is 24.2 Å². The number of fused-ring (bicyclic) bond motifs is 3. The highest BCUT2D eigenvalue weighted by molar-refractivity contribution is 7.92. The SMILES string of the molecule is CC(C)(C(=O)N1CC[C@]2(S(=O)(=O)c3ccc(F)cc3)c3ccc(C(F)(C(F)(F)F)C(F)(F)F)cc3CC[C@H]12)C(F)(F)F. The monoisotopic (exact) mass is 637 g/mol. The molecule has 16 heteroatoms. The van der Waals surface area contributed by atoms with Crippen LogP contribution < -0.4 is 0 Å². The number of nitrogens with zero attached hydrogens (tertiary/aromatic N) is 1. The van der Waals surface area contributed by atoms with Crippen molar-refractivity contribution in [3.05, 3.63) is 65.0 Å². The first kappa shape index (κ1) is 32.0. The molecule has 0 N–H and O–H groups in total. The third-order valence-electron chi connectivity index (χ3n) is 8.17. The van der Waals surface area contributed by atoms with Crippen molar-refractivity contribution in [2.75, 3.05) is 6.54 Å². The second kappa shape index (κ2) is 9.55.